The van der Waals surface area contributed by atoms with Crippen molar-refractivity contribution in [2.75, 3.05) is 0 Å². The molecule has 0 saturated carbocycles. The van der Waals surface area contributed by atoms with Crippen molar-refractivity contribution in [3.05, 3.63) is 39.9 Å². The minimum absolute atomic E-state index is 0.117. The molecule has 0 aliphatic rings. The zero-order valence-corrected chi connectivity index (χ0v) is 12.7. The molecule has 0 aromatic heterocycles. The Hall–Kier alpha value is -1.20. The summed E-state index contributed by atoms with van der Waals surface area (Å²) >= 11 is 0. The molecule has 0 saturated heterocycles. The van der Waals surface area contributed by atoms with Gasteiger partial charge in [0.25, 0.3) is 5.69 Å². The summed E-state index contributed by atoms with van der Waals surface area (Å²) in [6.07, 6.45) is 0. The third-order valence-electron chi connectivity index (χ3n) is 3.53. The topological polar surface area (TPSA) is 52.4 Å². The van der Waals surface area contributed by atoms with Crippen molar-refractivity contribution in [3.8, 4) is 0 Å². The lowest BCUT2D eigenvalue weighted by molar-refractivity contribution is -0.384. The van der Waals surface area contributed by atoms with Gasteiger partial charge in [-0.15, -0.1) is 0 Å². The lowest BCUT2D eigenvalue weighted by Crippen LogP contribution is -2.40. The van der Waals surface area contributed by atoms with Gasteiger partial charge in [-0.05, 0) is 23.7 Å². The van der Waals surface area contributed by atoms with E-state index in [1.807, 2.05) is 6.07 Å². The van der Waals surface area contributed by atoms with Crippen LogP contribution < -0.4 is 0 Å². The third-order valence-corrected chi connectivity index (χ3v) is 8.01. The molecule has 1 rings (SSSR count). The molecule has 0 fully saturated rings. The Morgan fingerprint density at radius 3 is 2.44 bits per heavy atom. The molecule has 0 N–H and O–H groups in total. The summed E-state index contributed by atoms with van der Waals surface area (Å²) in [6, 6.07) is 6.63. The number of rotatable bonds is 4. The number of nitro groups is 1. The molecule has 0 bridgehead atoms. The van der Waals surface area contributed by atoms with Crippen LogP contribution in [-0.2, 0) is 11.0 Å². The summed E-state index contributed by atoms with van der Waals surface area (Å²) in [5, 5.41) is 10.8. The van der Waals surface area contributed by atoms with Gasteiger partial charge in [0.2, 0.25) is 0 Å². The van der Waals surface area contributed by atoms with Crippen LogP contribution in [0.25, 0.3) is 0 Å². The molecule has 0 atom stereocenters. The Morgan fingerprint density at radius 2 is 1.94 bits per heavy atom. The SMILES string of the molecule is CC(C)(C)[Si](C)(C)OCc1cccc([N+](=O)[O-])c1. The average Bonchev–Trinajstić information content (AvgIpc) is 2.25. The highest BCUT2D eigenvalue weighted by molar-refractivity contribution is 6.74. The van der Waals surface area contributed by atoms with Gasteiger partial charge >= 0.3 is 0 Å². The minimum Gasteiger partial charge on any atom is -0.413 e. The van der Waals surface area contributed by atoms with E-state index in [9.17, 15) is 10.1 Å². The molecule has 0 unspecified atom stereocenters. The molecule has 0 amide bonds. The maximum atomic E-state index is 10.7. The summed E-state index contributed by atoms with van der Waals surface area (Å²) in [6.45, 7) is 11.3. The second-order valence-electron chi connectivity index (χ2n) is 5.98. The van der Waals surface area contributed by atoms with Crippen molar-refractivity contribution in [2.45, 2.75) is 45.5 Å². The summed E-state index contributed by atoms with van der Waals surface area (Å²) in [5.41, 5.74) is 0.973. The van der Waals surface area contributed by atoms with Crippen molar-refractivity contribution in [1.29, 1.82) is 0 Å². The van der Waals surface area contributed by atoms with E-state index < -0.39 is 8.32 Å². The normalized spacial score (nSPS) is 12.5. The van der Waals surface area contributed by atoms with Gasteiger partial charge in [-0.3, -0.25) is 10.1 Å². The Kier molecular flexibility index (Phi) is 4.29. The Morgan fingerprint density at radius 1 is 1.33 bits per heavy atom. The number of nitrogens with zero attached hydrogens (tertiary/aromatic N) is 1. The summed E-state index contributed by atoms with van der Waals surface area (Å²) in [5.74, 6) is 0. The molecule has 0 aliphatic carbocycles. The van der Waals surface area contributed by atoms with Gasteiger partial charge in [-0.1, -0.05) is 32.9 Å². The van der Waals surface area contributed by atoms with Crippen molar-refractivity contribution in [3.63, 3.8) is 0 Å². The number of nitro benzene ring substituents is 1. The number of hydrogen-bond donors (Lipinski definition) is 0. The molecule has 18 heavy (non-hydrogen) atoms. The maximum Gasteiger partial charge on any atom is 0.269 e. The fourth-order valence-electron chi connectivity index (χ4n) is 1.24. The van der Waals surface area contributed by atoms with Gasteiger partial charge in [0.1, 0.15) is 0 Å². The van der Waals surface area contributed by atoms with Crippen molar-refractivity contribution in [2.24, 2.45) is 0 Å². The van der Waals surface area contributed by atoms with Crippen LogP contribution >= 0.6 is 0 Å². The highest BCUT2D eigenvalue weighted by atomic mass is 28.4. The van der Waals surface area contributed by atoms with Gasteiger partial charge in [0.05, 0.1) is 11.5 Å². The van der Waals surface area contributed by atoms with Crippen LogP contribution in [0, 0.1) is 10.1 Å². The van der Waals surface area contributed by atoms with Crippen LogP contribution in [0.5, 0.6) is 0 Å². The summed E-state index contributed by atoms with van der Waals surface area (Å²) in [7, 11) is -1.80. The maximum absolute atomic E-state index is 10.7. The smallest absolute Gasteiger partial charge is 0.269 e. The van der Waals surface area contributed by atoms with Crippen LogP contribution in [0.3, 0.4) is 0 Å². The predicted molar refractivity (Wildman–Crippen MR) is 75.1 cm³/mol. The first kappa shape index (κ1) is 14.9. The molecule has 0 spiro atoms. The van der Waals surface area contributed by atoms with E-state index in [2.05, 4.69) is 33.9 Å². The van der Waals surface area contributed by atoms with Crippen molar-refractivity contribution in [1.82, 2.24) is 0 Å². The molecular formula is C13H21NO3Si. The largest absolute Gasteiger partial charge is 0.413 e. The molecule has 0 aliphatic heterocycles. The van der Waals surface area contributed by atoms with Crippen molar-refractivity contribution < 1.29 is 9.35 Å². The highest BCUT2D eigenvalue weighted by Crippen LogP contribution is 2.37. The first-order valence-corrected chi connectivity index (χ1v) is 8.91. The molecule has 5 heteroatoms. The van der Waals surface area contributed by atoms with E-state index in [0.29, 0.717) is 6.61 Å². The van der Waals surface area contributed by atoms with Crippen molar-refractivity contribution >= 4 is 14.0 Å². The Bertz CT molecular complexity index is 438. The van der Waals surface area contributed by atoms with Crippen LogP contribution in [0.15, 0.2) is 24.3 Å². The zero-order chi connectivity index (χ0) is 14.0. The average molecular weight is 267 g/mol. The van der Waals surface area contributed by atoms with Gasteiger partial charge in [0.15, 0.2) is 8.32 Å². The van der Waals surface area contributed by atoms with Crippen LogP contribution in [0.4, 0.5) is 5.69 Å². The number of hydrogen-bond acceptors (Lipinski definition) is 3. The van der Waals surface area contributed by atoms with Gasteiger partial charge in [-0.25, -0.2) is 0 Å². The molecule has 4 nitrogen and oxygen atoms in total. The first-order chi connectivity index (χ1) is 8.13. The van der Waals surface area contributed by atoms with Crippen LogP contribution in [0.1, 0.15) is 26.3 Å². The van der Waals surface area contributed by atoms with Gasteiger partial charge < -0.3 is 4.43 Å². The fraction of sp³-hybridized carbons (Fsp3) is 0.538. The van der Waals surface area contributed by atoms with Gasteiger partial charge in [-0.2, -0.15) is 0 Å². The standard InChI is InChI=1S/C13H21NO3Si/c1-13(2,3)18(4,5)17-10-11-7-6-8-12(9-11)14(15)16/h6-9H,10H2,1-5H3. The molecule has 0 radical (unpaired) electrons. The molecular weight excluding hydrogens is 246 g/mol. The number of benzene rings is 1. The van der Waals surface area contributed by atoms with E-state index in [-0.39, 0.29) is 15.6 Å². The Labute approximate surface area is 109 Å². The molecule has 1 aromatic rings. The number of non-ortho nitro benzene ring substituents is 1. The molecule has 1 aromatic carbocycles. The van der Waals surface area contributed by atoms with Gasteiger partial charge in [0, 0.05) is 12.1 Å². The zero-order valence-electron chi connectivity index (χ0n) is 11.7. The minimum atomic E-state index is -1.80. The van der Waals surface area contributed by atoms with E-state index in [4.69, 9.17) is 4.43 Å². The quantitative estimate of drug-likeness (QED) is 0.468. The monoisotopic (exact) mass is 267 g/mol. The molecule has 0 heterocycles. The van der Waals surface area contributed by atoms with E-state index in [1.54, 1.807) is 12.1 Å². The van der Waals surface area contributed by atoms with Crippen LogP contribution in [-0.4, -0.2) is 13.2 Å². The lowest BCUT2D eigenvalue weighted by Gasteiger charge is -2.36. The van der Waals surface area contributed by atoms with E-state index in [0.717, 1.165) is 5.56 Å². The lowest BCUT2D eigenvalue weighted by atomic mass is 10.2. The summed E-state index contributed by atoms with van der Waals surface area (Å²) < 4.78 is 6.03. The fourth-order valence-corrected chi connectivity index (χ4v) is 2.20. The predicted octanol–water partition coefficient (Wildman–Crippen LogP) is 4.12. The second-order valence-corrected chi connectivity index (χ2v) is 10.8. The highest BCUT2D eigenvalue weighted by Gasteiger charge is 2.37. The van der Waals surface area contributed by atoms with E-state index >= 15 is 0 Å². The van der Waals surface area contributed by atoms with E-state index in [1.165, 1.54) is 6.07 Å². The molecule has 100 valence electrons. The Balaban J connectivity index is 2.75. The third kappa shape index (κ3) is 3.65. The summed E-state index contributed by atoms with van der Waals surface area (Å²) in [4.78, 5) is 10.3. The van der Waals surface area contributed by atoms with Crippen LogP contribution in [0.2, 0.25) is 18.1 Å². The first-order valence-electron chi connectivity index (χ1n) is 6.01. The second kappa shape index (κ2) is 5.20.